The second kappa shape index (κ2) is 9.50. The topological polar surface area (TPSA) is 76.5 Å². The molecule has 1 N–H and O–H groups in total. The number of rotatable bonds is 4. The van der Waals surface area contributed by atoms with E-state index in [4.69, 9.17) is 4.74 Å². The number of piperidine rings is 1. The molecule has 0 radical (unpaired) electrons. The molecule has 3 aromatic rings. The predicted molar refractivity (Wildman–Crippen MR) is 130 cm³/mol. The highest BCUT2D eigenvalue weighted by Gasteiger charge is 2.33. The smallest absolute Gasteiger partial charge is 0.274 e. The molecule has 0 saturated carbocycles. The van der Waals surface area contributed by atoms with Gasteiger partial charge in [0.15, 0.2) is 5.69 Å². The fraction of sp³-hybridized carbons (Fsp3) is 0.393. The first-order chi connectivity index (χ1) is 17.6. The largest absolute Gasteiger partial charge is 0.365 e. The van der Waals surface area contributed by atoms with Gasteiger partial charge in [-0.2, -0.15) is 0 Å². The lowest BCUT2D eigenvalue weighted by atomic mass is 9.95. The zero-order valence-electron chi connectivity index (χ0n) is 20.0. The average Bonchev–Trinajstić information content (AvgIpc) is 3.53. The molecule has 2 amide bonds. The molecule has 0 spiro atoms. The van der Waals surface area contributed by atoms with Crippen LogP contribution in [0.5, 0.6) is 0 Å². The number of carbonyl (C=O) groups excluding carboxylic acids is 2. The summed E-state index contributed by atoms with van der Waals surface area (Å²) < 4.78 is 21.2. The maximum Gasteiger partial charge on any atom is 0.274 e. The van der Waals surface area contributed by atoms with Crippen LogP contribution in [0.3, 0.4) is 0 Å². The molecule has 1 saturated heterocycles. The summed E-state index contributed by atoms with van der Waals surface area (Å²) in [5, 5.41) is 3.24. The number of aryl methyl sites for hydroxylation is 1. The van der Waals surface area contributed by atoms with Crippen LogP contribution in [0.1, 0.15) is 64.3 Å². The van der Waals surface area contributed by atoms with Gasteiger partial charge in [-0.05, 0) is 54.5 Å². The number of hydrogen-bond donors (Lipinski definition) is 1. The number of ether oxygens (including phenoxy) is 1. The van der Waals surface area contributed by atoms with Crippen molar-refractivity contribution in [1.82, 2.24) is 19.8 Å². The zero-order valence-corrected chi connectivity index (χ0v) is 20.0. The molecule has 6 rings (SSSR count). The lowest BCUT2D eigenvalue weighted by Gasteiger charge is -2.32. The van der Waals surface area contributed by atoms with Gasteiger partial charge in [0.05, 0.1) is 31.2 Å². The van der Waals surface area contributed by atoms with E-state index in [9.17, 15) is 14.0 Å². The highest BCUT2D eigenvalue weighted by atomic mass is 19.1. The van der Waals surface area contributed by atoms with Crippen molar-refractivity contribution in [3.63, 3.8) is 0 Å². The SMILES string of the molecule is O=C(N[C@H]1CCc2ccccc21)C1CCN(C(=O)c2ncn3c2CO[C@H](c2ccc(F)cc2)C3)CC1. The van der Waals surface area contributed by atoms with Crippen LogP contribution in [0.15, 0.2) is 54.9 Å². The monoisotopic (exact) mass is 488 g/mol. The van der Waals surface area contributed by atoms with Crippen molar-refractivity contribution in [1.29, 1.82) is 0 Å². The second-order valence-corrected chi connectivity index (χ2v) is 9.91. The first-order valence-corrected chi connectivity index (χ1v) is 12.7. The Morgan fingerprint density at radius 3 is 2.61 bits per heavy atom. The van der Waals surface area contributed by atoms with Gasteiger partial charge in [-0.3, -0.25) is 9.59 Å². The highest BCUT2D eigenvalue weighted by Crippen LogP contribution is 2.32. The Hall–Kier alpha value is -3.52. The normalized spacial score (nSPS) is 21.6. The van der Waals surface area contributed by atoms with Crippen molar-refractivity contribution in [3.8, 4) is 0 Å². The lowest BCUT2D eigenvalue weighted by molar-refractivity contribution is -0.127. The number of hydrogen-bond acceptors (Lipinski definition) is 4. The number of halogens is 1. The molecule has 0 bridgehead atoms. The van der Waals surface area contributed by atoms with Crippen molar-refractivity contribution in [3.05, 3.63) is 88.8 Å². The van der Waals surface area contributed by atoms with Crippen LogP contribution in [-0.4, -0.2) is 39.4 Å². The van der Waals surface area contributed by atoms with Gasteiger partial charge in [-0.25, -0.2) is 9.37 Å². The van der Waals surface area contributed by atoms with E-state index in [2.05, 4.69) is 22.4 Å². The third-order valence-electron chi connectivity index (χ3n) is 7.78. The Morgan fingerprint density at radius 2 is 1.81 bits per heavy atom. The van der Waals surface area contributed by atoms with Crippen LogP contribution >= 0.6 is 0 Å². The molecule has 0 unspecified atom stereocenters. The molecular weight excluding hydrogens is 459 g/mol. The number of likely N-dealkylation sites (tertiary alicyclic amines) is 1. The molecule has 2 atom stereocenters. The zero-order chi connectivity index (χ0) is 24.6. The van der Waals surface area contributed by atoms with E-state index in [0.717, 1.165) is 24.1 Å². The van der Waals surface area contributed by atoms with E-state index in [1.54, 1.807) is 23.4 Å². The predicted octanol–water partition coefficient (Wildman–Crippen LogP) is 3.95. The standard InChI is InChI=1S/C28H29FN4O3/c29-21-8-5-19(6-9-21)25-15-33-17-30-26(24(33)16-36-25)28(35)32-13-11-20(12-14-32)27(34)31-23-10-7-18-3-1-2-4-22(18)23/h1-6,8-9,17,20,23,25H,7,10-16H2,(H,31,34)/t23-,25-/m0/s1. The summed E-state index contributed by atoms with van der Waals surface area (Å²) in [5.41, 5.74) is 4.62. The molecule has 7 nitrogen and oxygen atoms in total. The summed E-state index contributed by atoms with van der Waals surface area (Å²) in [6.45, 7) is 1.85. The van der Waals surface area contributed by atoms with Crippen LogP contribution in [0.4, 0.5) is 4.39 Å². The first kappa shape index (κ1) is 22.9. The summed E-state index contributed by atoms with van der Waals surface area (Å²) in [5.74, 6) is -0.395. The minimum Gasteiger partial charge on any atom is -0.365 e. The van der Waals surface area contributed by atoms with Crippen molar-refractivity contribution < 1.29 is 18.7 Å². The molecule has 3 heterocycles. The van der Waals surface area contributed by atoms with E-state index in [1.807, 2.05) is 16.7 Å². The minimum absolute atomic E-state index is 0.0856. The van der Waals surface area contributed by atoms with Gasteiger partial charge in [-0.1, -0.05) is 36.4 Å². The number of benzene rings is 2. The van der Waals surface area contributed by atoms with Gasteiger partial charge in [0.1, 0.15) is 11.9 Å². The van der Waals surface area contributed by atoms with Crippen molar-refractivity contribution in [2.45, 2.75) is 51.0 Å². The highest BCUT2D eigenvalue weighted by molar-refractivity contribution is 5.93. The van der Waals surface area contributed by atoms with Crippen LogP contribution in [0.2, 0.25) is 0 Å². The molecule has 1 aliphatic carbocycles. The molecule has 1 fully saturated rings. The van der Waals surface area contributed by atoms with Gasteiger partial charge in [0.2, 0.25) is 5.91 Å². The van der Waals surface area contributed by atoms with Crippen molar-refractivity contribution >= 4 is 11.8 Å². The number of aromatic nitrogens is 2. The maximum atomic E-state index is 13.3. The van der Waals surface area contributed by atoms with E-state index in [-0.39, 0.29) is 42.3 Å². The van der Waals surface area contributed by atoms with Crippen LogP contribution in [0.25, 0.3) is 0 Å². The fourth-order valence-corrected chi connectivity index (χ4v) is 5.68. The number of fused-ring (bicyclic) bond motifs is 2. The quantitative estimate of drug-likeness (QED) is 0.604. The minimum atomic E-state index is -0.282. The molecule has 2 aromatic carbocycles. The van der Waals surface area contributed by atoms with Crippen molar-refractivity contribution in [2.24, 2.45) is 5.92 Å². The molecule has 2 aliphatic heterocycles. The number of nitrogens with one attached hydrogen (secondary N) is 1. The first-order valence-electron chi connectivity index (χ1n) is 12.7. The van der Waals surface area contributed by atoms with Gasteiger partial charge in [0, 0.05) is 19.0 Å². The Balaban J connectivity index is 1.05. The van der Waals surface area contributed by atoms with Crippen LogP contribution < -0.4 is 5.32 Å². The Morgan fingerprint density at radius 1 is 1.03 bits per heavy atom. The summed E-state index contributed by atoms with van der Waals surface area (Å²) in [4.78, 5) is 32.4. The number of imidazole rings is 1. The van der Waals surface area contributed by atoms with Gasteiger partial charge in [-0.15, -0.1) is 0 Å². The summed E-state index contributed by atoms with van der Waals surface area (Å²) in [6, 6.07) is 14.7. The van der Waals surface area contributed by atoms with E-state index in [0.29, 0.717) is 38.2 Å². The summed E-state index contributed by atoms with van der Waals surface area (Å²) in [6.07, 6.45) is 4.70. The number of amides is 2. The van der Waals surface area contributed by atoms with E-state index in [1.165, 1.54) is 23.3 Å². The molecule has 36 heavy (non-hydrogen) atoms. The Kier molecular flexibility index (Phi) is 6.05. The summed E-state index contributed by atoms with van der Waals surface area (Å²) in [7, 11) is 0. The van der Waals surface area contributed by atoms with Gasteiger partial charge >= 0.3 is 0 Å². The van der Waals surface area contributed by atoms with E-state index < -0.39 is 0 Å². The number of carbonyl (C=O) groups is 2. The Bertz CT molecular complexity index is 1280. The number of nitrogens with zero attached hydrogens (tertiary/aromatic N) is 3. The molecule has 186 valence electrons. The molecule has 8 heteroatoms. The lowest BCUT2D eigenvalue weighted by Crippen LogP contribution is -2.44. The fourth-order valence-electron chi connectivity index (χ4n) is 5.68. The third kappa shape index (κ3) is 4.30. The van der Waals surface area contributed by atoms with Crippen LogP contribution in [-0.2, 0) is 29.1 Å². The molecule has 3 aliphatic rings. The van der Waals surface area contributed by atoms with Gasteiger partial charge in [0.25, 0.3) is 5.91 Å². The second-order valence-electron chi connectivity index (χ2n) is 9.91. The van der Waals surface area contributed by atoms with Crippen LogP contribution in [0, 0.1) is 11.7 Å². The summed E-state index contributed by atoms with van der Waals surface area (Å²) >= 11 is 0. The molecule has 1 aromatic heterocycles. The third-order valence-corrected chi connectivity index (χ3v) is 7.78. The van der Waals surface area contributed by atoms with Gasteiger partial charge < -0.3 is 19.5 Å². The maximum absolute atomic E-state index is 13.3. The molecular formula is C28H29FN4O3. The Labute approximate surface area is 209 Å². The average molecular weight is 489 g/mol. The van der Waals surface area contributed by atoms with Crippen molar-refractivity contribution in [2.75, 3.05) is 13.1 Å². The van der Waals surface area contributed by atoms with E-state index >= 15 is 0 Å².